The van der Waals surface area contributed by atoms with E-state index in [9.17, 15) is 59.0 Å². The second kappa shape index (κ2) is 15.9. The lowest BCUT2D eigenvalue weighted by molar-refractivity contribution is -0.659. The zero-order chi connectivity index (χ0) is 41.2. The zero-order valence-electron chi connectivity index (χ0n) is 29.4. The Labute approximate surface area is 315 Å². The van der Waals surface area contributed by atoms with Crippen molar-refractivity contribution in [2.24, 2.45) is 7.05 Å². The summed E-state index contributed by atoms with van der Waals surface area (Å²) in [4.78, 5) is 39.9. The molecular weight excluding hydrogens is 772 g/mol. The molecule has 2 amide bonds. The number of alkyl halides is 6. The van der Waals surface area contributed by atoms with Crippen LogP contribution in [0.4, 0.5) is 31.1 Å². The number of benzene rings is 3. The van der Waals surface area contributed by atoms with Crippen LogP contribution in [0.15, 0.2) is 101 Å². The molecule has 0 saturated carbocycles. The average molecular weight is 804 g/mol. The number of nitrogens with one attached hydrogen (secondary N) is 1. The quantitative estimate of drug-likeness (QED) is 0.151. The Bertz CT molecular complexity index is 2460. The van der Waals surface area contributed by atoms with E-state index < -0.39 is 51.7 Å². The van der Waals surface area contributed by atoms with Crippen molar-refractivity contribution < 1.29 is 53.5 Å². The van der Waals surface area contributed by atoms with E-state index in [1.807, 2.05) is 6.07 Å². The predicted molar refractivity (Wildman–Crippen MR) is 184 cm³/mol. The van der Waals surface area contributed by atoms with Gasteiger partial charge in [-0.05, 0) is 74.4 Å². The minimum Gasteiger partial charge on any atom is -0.744 e. The SMILES string of the molecule is Cc1c(-c2n(-c3ccc(C#N)cc3)cc[n+]2C)n(C(=O)NC2CCN(C(=O)C(F)(F)F)CC2)c(=O)n1-c1cccc(C(F)(F)F)c1.O=S(=O)([O-])c1ccccc1. The fraction of sp³-hybridized carbons (Fsp3) is 0.250. The van der Waals surface area contributed by atoms with Crippen LogP contribution in [0.5, 0.6) is 0 Å². The predicted octanol–water partition coefficient (Wildman–Crippen LogP) is 4.82. The van der Waals surface area contributed by atoms with Crippen molar-refractivity contribution in [2.45, 2.75) is 43.1 Å². The number of nitrogens with zero attached hydrogens (tertiary/aromatic N) is 6. The maximum atomic E-state index is 14.0. The Kier molecular flexibility index (Phi) is 11.6. The molecule has 6 rings (SSSR count). The molecule has 294 valence electrons. The number of piperidine rings is 1. The summed E-state index contributed by atoms with van der Waals surface area (Å²) in [6.45, 7) is 0.899. The summed E-state index contributed by atoms with van der Waals surface area (Å²) in [7, 11) is -2.62. The maximum Gasteiger partial charge on any atom is 0.471 e. The minimum atomic E-state index is -5.04. The number of nitriles is 1. The molecule has 3 heterocycles. The van der Waals surface area contributed by atoms with Crippen molar-refractivity contribution in [2.75, 3.05) is 13.1 Å². The van der Waals surface area contributed by atoms with E-state index in [0.29, 0.717) is 16.2 Å². The summed E-state index contributed by atoms with van der Waals surface area (Å²) in [5.41, 5.74) is -1.07. The van der Waals surface area contributed by atoms with E-state index in [0.717, 1.165) is 27.3 Å². The fourth-order valence-electron chi connectivity index (χ4n) is 6.08. The molecule has 1 aliphatic rings. The van der Waals surface area contributed by atoms with Crippen LogP contribution in [0.25, 0.3) is 22.9 Å². The van der Waals surface area contributed by atoms with Gasteiger partial charge in [0.2, 0.25) is 0 Å². The minimum absolute atomic E-state index is 0.0274. The van der Waals surface area contributed by atoms with Crippen LogP contribution in [-0.4, -0.2) is 68.8 Å². The first kappa shape index (κ1) is 41.0. The van der Waals surface area contributed by atoms with Crippen LogP contribution in [0, 0.1) is 18.3 Å². The summed E-state index contributed by atoms with van der Waals surface area (Å²) in [6, 6.07) is 18.0. The van der Waals surface area contributed by atoms with Crippen LogP contribution >= 0.6 is 0 Å². The number of likely N-dealkylation sites (tertiary alicyclic amines) is 1. The van der Waals surface area contributed by atoms with Crippen molar-refractivity contribution in [3.05, 3.63) is 119 Å². The molecule has 0 unspecified atom stereocenters. The van der Waals surface area contributed by atoms with Crippen molar-refractivity contribution >= 4 is 22.1 Å². The van der Waals surface area contributed by atoms with Gasteiger partial charge in [-0.3, -0.25) is 9.36 Å². The molecule has 5 aromatic rings. The maximum absolute atomic E-state index is 14.0. The van der Waals surface area contributed by atoms with Gasteiger partial charge >= 0.3 is 35.8 Å². The summed E-state index contributed by atoms with van der Waals surface area (Å²) in [5, 5.41) is 11.9. The van der Waals surface area contributed by atoms with Gasteiger partial charge in [0, 0.05) is 19.1 Å². The van der Waals surface area contributed by atoms with Crippen LogP contribution in [0.3, 0.4) is 0 Å². The number of aryl methyl sites for hydroxylation is 1. The van der Waals surface area contributed by atoms with E-state index in [4.69, 9.17) is 0 Å². The van der Waals surface area contributed by atoms with Gasteiger partial charge in [-0.2, -0.15) is 36.2 Å². The van der Waals surface area contributed by atoms with Crippen molar-refractivity contribution in [3.63, 3.8) is 0 Å². The number of amides is 2. The number of carbonyl (C=O) groups excluding carboxylic acids is 2. The molecule has 13 nitrogen and oxygen atoms in total. The molecule has 1 saturated heterocycles. The highest BCUT2D eigenvalue weighted by Gasteiger charge is 2.43. The Hall–Kier alpha value is -6.20. The fourth-order valence-corrected chi connectivity index (χ4v) is 6.57. The van der Waals surface area contributed by atoms with E-state index >= 15 is 0 Å². The van der Waals surface area contributed by atoms with Gasteiger partial charge in [0.05, 0.1) is 40.5 Å². The van der Waals surface area contributed by atoms with Crippen LogP contribution in [0.1, 0.15) is 29.7 Å². The van der Waals surface area contributed by atoms with E-state index in [-0.39, 0.29) is 53.7 Å². The molecule has 0 bridgehead atoms. The lowest BCUT2D eigenvalue weighted by Gasteiger charge is -2.32. The number of imidazole rings is 2. The molecule has 0 aliphatic carbocycles. The average Bonchev–Trinajstić information content (AvgIpc) is 3.65. The van der Waals surface area contributed by atoms with Gasteiger partial charge < -0.3 is 14.8 Å². The number of hydrogen-bond donors (Lipinski definition) is 1. The van der Waals surface area contributed by atoms with Crippen molar-refractivity contribution in [1.29, 1.82) is 5.26 Å². The standard InChI is InChI=1S/C30H25F6N7O3.C6H6O3S/c1-18-24(25-39(2)14-15-41(25)22-8-6-19(17-37)7-9-22)43(28(46)42(18)23-5-3-4-20(16-23)29(31,32)33)27(45)38-21-10-12-40(13-11-21)26(44)30(34,35)36;7-10(8,9)6-4-2-1-3-5-6/h3-9,14-16,21H,10-13H2,1-2H3;1-5H,(H,7,8,9). The van der Waals surface area contributed by atoms with Gasteiger partial charge in [0.25, 0.3) is 0 Å². The Balaban J connectivity index is 0.000000522. The van der Waals surface area contributed by atoms with Gasteiger partial charge in [0.1, 0.15) is 28.2 Å². The normalized spacial score (nSPS) is 13.8. The van der Waals surface area contributed by atoms with Gasteiger partial charge in [-0.1, -0.05) is 24.3 Å². The number of halogens is 6. The Morgan fingerprint density at radius 3 is 2.09 bits per heavy atom. The van der Waals surface area contributed by atoms with Crippen LogP contribution < -0.4 is 15.6 Å². The zero-order valence-corrected chi connectivity index (χ0v) is 30.2. The first-order chi connectivity index (χ1) is 26.2. The summed E-state index contributed by atoms with van der Waals surface area (Å²) in [6.07, 6.45) is -6.54. The van der Waals surface area contributed by atoms with Gasteiger partial charge in [-0.15, -0.1) is 0 Å². The number of carbonyl (C=O) groups is 2. The molecule has 1 N–H and O–H groups in total. The topological polar surface area (TPSA) is 166 Å². The number of rotatable bonds is 5. The van der Waals surface area contributed by atoms with Gasteiger partial charge in [-0.25, -0.2) is 27.1 Å². The third-order valence-electron chi connectivity index (χ3n) is 8.79. The van der Waals surface area contributed by atoms with E-state index in [1.165, 1.54) is 37.3 Å². The largest absolute Gasteiger partial charge is 0.744 e. The summed E-state index contributed by atoms with van der Waals surface area (Å²) < 4.78 is 115. The first-order valence-electron chi connectivity index (χ1n) is 16.5. The van der Waals surface area contributed by atoms with Crippen molar-refractivity contribution in [3.8, 4) is 29.0 Å². The molecule has 1 aliphatic heterocycles. The van der Waals surface area contributed by atoms with Gasteiger partial charge in [0.15, 0.2) is 5.69 Å². The summed E-state index contributed by atoms with van der Waals surface area (Å²) >= 11 is 0. The van der Waals surface area contributed by atoms with E-state index in [1.54, 1.807) is 58.9 Å². The molecule has 0 radical (unpaired) electrons. The molecule has 0 spiro atoms. The molecule has 1 fully saturated rings. The van der Waals surface area contributed by atoms with Crippen LogP contribution in [-0.2, 0) is 28.1 Å². The monoisotopic (exact) mass is 803 g/mol. The number of aromatic nitrogens is 4. The smallest absolute Gasteiger partial charge is 0.471 e. The molecule has 0 atom stereocenters. The molecule has 20 heteroatoms. The second-order valence-electron chi connectivity index (χ2n) is 12.5. The van der Waals surface area contributed by atoms with E-state index in [2.05, 4.69) is 5.32 Å². The molecule has 56 heavy (non-hydrogen) atoms. The third kappa shape index (κ3) is 8.84. The Morgan fingerprint density at radius 1 is 0.929 bits per heavy atom. The highest BCUT2D eigenvalue weighted by Crippen LogP contribution is 2.32. The molecule has 3 aromatic carbocycles. The second-order valence-corrected chi connectivity index (χ2v) is 13.9. The molecular formula is C36H31F6N7O6S. The highest BCUT2D eigenvalue weighted by molar-refractivity contribution is 7.85. The number of hydrogen-bond acceptors (Lipinski definition) is 7. The highest BCUT2D eigenvalue weighted by atomic mass is 32.2. The molecule has 2 aromatic heterocycles. The van der Waals surface area contributed by atoms with Crippen LogP contribution in [0.2, 0.25) is 0 Å². The Morgan fingerprint density at radius 2 is 1.55 bits per heavy atom. The third-order valence-corrected chi connectivity index (χ3v) is 9.64. The van der Waals surface area contributed by atoms with Crippen molar-refractivity contribution in [1.82, 2.24) is 23.9 Å². The summed E-state index contributed by atoms with van der Waals surface area (Å²) in [5.74, 6) is -1.70. The lowest BCUT2D eigenvalue weighted by Crippen LogP contribution is -2.51. The first-order valence-corrected chi connectivity index (χ1v) is 17.9. The lowest BCUT2D eigenvalue weighted by atomic mass is 10.1.